The van der Waals surface area contributed by atoms with Crippen LogP contribution < -0.4 is 4.90 Å². The number of anilines is 1. The van der Waals surface area contributed by atoms with E-state index in [0.717, 1.165) is 5.69 Å². The fraction of sp³-hybridized carbons (Fsp3) is 0.417. The SMILES string of the molecule is CC(C)N(CCO)c1ccc(C(=O)O)cc1. The Morgan fingerprint density at radius 2 is 1.88 bits per heavy atom. The molecule has 0 atom stereocenters. The Morgan fingerprint density at radius 3 is 2.25 bits per heavy atom. The second-order valence-electron chi connectivity index (χ2n) is 3.86. The number of hydrogen-bond acceptors (Lipinski definition) is 3. The van der Waals surface area contributed by atoms with Gasteiger partial charge in [0.05, 0.1) is 12.2 Å². The monoisotopic (exact) mass is 223 g/mol. The van der Waals surface area contributed by atoms with Crippen molar-refractivity contribution in [3.63, 3.8) is 0 Å². The molecule has 4 heteroatoms. The minimum atomic E-state index is -0.926. The number of carboxylic acids is 1. The van der Waals surface area contributed by atoms with E-state index in [4.69, 9.17) is 10.2 Å². The zero-order chi connectivity index (χ0) is 12.1. The minimum Gasteiger partial charge on any atom is -0.478 e. The Kier molecular flexibility index (Phi) is 4.31. The van der Waals surface area contributed by atoms with Crippen LogP contribution in [0, 0.1) is 0 Å². The molecule has 0 radical (unpaired) electrons. The predicted molar refractivity (Wildman–Crippen MR) is 63.0 cm³/mol. The summed E-state index contributed by atoms with van der Waals surface area (Å²) in [5, 5.41) is 17.7. The van der Waals surface area contributed by atoms with E-state index in [0.29, 0.717) is 6.54 Å². The molecule has 4 nitrogen and oxygen atoms in total. The molecule has 0 saturated heterocycles. The number of benzene rings is 1. The number of rotatable bonds is 5. The van der Waals surface area contributed by atoms with Crippen molar-refractivity contribution in [2.24, 2.45) is 0 Å². The lowest BCUT2D eigenvalue weighted by atomic mass is 10.1. The molecule has 0 spiro atoms. The van der Waals surface area contributed by atoms with Gasteiger partial charge < -0.3 is 15.1 Å². The first-order valence-electron chi connectivity index (χ1n) is 5.27. The van der Waals surface area contributed by atoms with E-state index in [1.807, 2.05) is 18.7 Å². The maximum Gasteiger partial charge on any atom is 0.335 e. The molecule has 0 aromatic heterocycles. The van der Waals surface area contributed by atoms with Gasteiger partial charge in [-0.2, -0.15) is 0 Å². The summed E-state index contributed by atoms with van der Waals surface area (Å²) in [7, 11) is 0. The van der Waals surface area contributed by atoms with Crippen LogP contribution in [0.4, 0.5) is 5.69 Å². The van der Waals surface area contributed by atoms with Gasteiger partial charge in [-0.3, -0.25) is 0 Å². The number of carbonyl (C=O) groups is 1. The van der Waals surface area contributed by atoms with Gasteiger partial charge in [0, 0.05) is 18.3 Å². The highest BCUT2D eigenvalue weighted by molar-refractivity contribution is 5.88. The van der Waals surface area contributed by atoms with Crippen LogP contribution >= 0.6 is 0 Å². The van der Waals surface area contributed by atoms with Crippen LogP contribution in [0.5, 0.6) is 0 Å². The predicted octanol–water partition coefficient (Wildman–Crippen LogP) is 1.59. The van der Waals surface area contributed by atoms with Crippen LogP contribution in [-0.2, 0) is 0 Å². The van der Waals surface area contributed by atoms with Gasteiger partial charge in [-0.25, -0.2) is 4.79 Å². The fourth-order valence-electron chi connectivity index (χ4n) is 1.59. The smallest absolute Gasteiger partial charge is 0.335 e. The van der Waals surface area contributed by atoms with E-state index in [1.165, 1.54) is 0 Å². The largest absolute Gasteiger partial charge is 0.478 e. The molecule has 1 aromatic carbocycles. The molecule has 0 aliphatic rings. The molecular weight excluding hydrogens is 206 g/mol. The lowest BCUT2D eigenvalue weighted by molar-refractivity contribution is 0.0697. The zero-order valence-corrected chi connectivity index (χ0v) is 9.55. The Labute approximate surface area is 95.1 Å². The average molecular weight is 223 g/mol. The summed E-state index contributed by atoms with van der Waals surface area (Å²) < 4.78 is 0. The van der Waals surface area contributed by atoms with Gasteiger partial charge >= 0.3 is 5.97 Å². The Hall–Kier alpha value is -1.55. The molecule has 1 aromatic rings. The maximum atomic E-state index is 10.7. The van der Waals surface area contributed by atoms with Gasteiger partial charge in [-0.15, -0.1) is 0 Å². The summed E-state index contributed by atoms with van der Waals surface area (Å²) in [5.74, 6) is -0.926. The summed E-state index contributed by atoms with van der Waals surface area (Å²) in [6, 6.07) is 6.94. The number of aliphatic hydroxyl groups is 1. The standard InChI is InChI=1S/C12H17NO3/c1-9(2)13(7-8-14)11-5-3-10(4-6-11)12(15)16/h3-6,9,14H,7-8H2,1-2H3,(H,15,16). The Bertz CT molecular complexity index is 346. The van der Waals surface area contributed by atoms with Gasteiger partial charge in [-0.05, 0) is 38.1 Å². The van der Waals surface area contributed by atoms with Crippen molar-refractivity contribution >= 4 is 11.7 Å². The molecule has 0 amide bonds. The highest BCUT2D eigenvalue weighted by atomic mass is 16.4. The first-order chi connectivity index (χ1) is 7.56. The van der Waals surface area contributed by atoms with E-state index < -0.39 is 5.97 Å². The highest BCUT2D eigenvalue weighted by Crippen LogP contribution is 2.17. The van der Waals surface area contributed by atoms with Gasteiger partial charge in [0.15, 0.2) is 0 Å². The topological polar surface area (TPSA) is 60.8 Å². The summed E-state index contributed by atoms with van der Waals surface area (Å²) in [6.45, 7) is 4.69. The molecule has 2 N–H and O–H groups in total. The van der Waals surface area contributed by atoms with Crippen LogP contribution in [0.3, 0.4) is 0 Å². The molecule has 0 heterocycles. The molecule has 0 aliphatic carbocycles. The van der Waals surface area contributed by atoms with Crippen molar-refractivity contribution in [3.05, 3.63) is 29.8 Å². The Balaban J connectivity index is 2.89. The third kappa shape index (κ3) is 2.97. The van der Waals surface area contributed by atoms with Gasteiger partial charge in [0.25, 0.3) is 0 Å². The summed E-state index contributed by atoms with van der Waals surface area (Å²) in [5.41, 5.74) is 1.20. The van der Waals surface area contributed by atoms with Crippen LogP contribution in [0.15, 0.2) is 24.3 Å². The quantitative estimate of drug-likeness (QED) is 0.795. The van der Waals surface area contributed by atoms with E-state index >= 15 is 0 Å². The first-order valence-corrected chi connectivity index (χ1v) is 5.27. The number of nitrogens with zero attached hydrogens (tertiary/aromatic N) is 1. The first kappa shape index (κ1) is 12.5. The fourth-order valence-corrected chi connectivity index (χ4v) is 1.59. The second kappa shape index (κ2) is 5.51. The number of hydrogen-bond donors (Lipinski definition) is 2. The molecule has 0 fully saturated rings. The molecule has 0 unspecified atom stereocenters. The third-order valence-corrected chi connectivity index (χ3v) is 2.41. The zero-order valence-electron chi connectivity index (χ0n) is 9.55. The third-order valence-electron chi connectivity index (χ3n) is 2.41. The van der Waals surface area contributed by atoms with Gasteiger partial charge in [0.1, 0.15) is 0 Å². The molecule has 88 valence electrons. The van der Waals surface area contributed by atoms with Crippen LogP contribution in [0.25, 0.3) is 0 Å². The number of aromatic carboxylic acids is 1. The summed E-state index contributed by atoms with van der Waals surface area (Å²) >= 11 is 0. The van der Waals surface area contributed by atoms with E-state index in [2.05, 4.69) is 0 Å². The minimum absolute atomic E-state index is 0.0822. The average Bonchev–Trinajstić information content (AvgIpc) is 2.25. The summed E-state index contributed by atoms with van der Waals surface area (Å²) in [6.07, 6.45) is 0. The van der Waals surface area contributed by atoms with Crippen LogP contribution in [0.1, 0.15) is 24.2 Å². The van der Waals surface area contributed by atoms with Crippen molar-refractivity contribution in [1.29, 1.82) is 0 Å². The number of carboxylic acid groups (broad SMARTS) is 1. The van der Waals surface area contributed by atoms with Crippen LogP contribution in [0.2, 0.25) is 0 Å². The van der Waals surface area contributed by atoms with E-state index in [9.17, 15) is 4.79 Å². The summed E-state index contributed by atoms with van der Waals surface area (Å²) in [4.78, 5) is 12.7. The lowest BCUT2D eigenvalue weighted by Crippen LogP contribution is -2.33. The van der Waals surface area contributed by atoms with E-state index in [1.54, 1.807) is 24.3 Å². The van der Waals surface area contributed by atoms with Crippen molar-refractivity contribution in [1.82, 2.24) is 0 Å². The van der Waals surface area contributed by atoms with E-state index in [-0.39, 0.29) is 18.2 Å². The normalized spacial score (nSPS) is 10.5. The Morgan fingerprint density at radius 1 is 1.31 bits per heavy atom. The van der Waals surface area contributed by atoms with Crippen molar-refractivity contribution < 1.29 is 15.0 Å². The van der Waals surface area contributed by atoms with Gasteiger partial charge in [0.2, 0.25) is 0 Å². The molecule has 0 saturated carbocycles. The second-order valence-corrected chi connectivity index (χ2v) is 3.86. The van der Waals surface area contributed by atoms with Crippen molar-refractivity contribution in [2.75, 3.05) is 18.1 Å². The van der Waals surface area contributed by atoms with Crippen LogP contribution in [-0.4, -0.2) is 35.4 Å². The highest BCUT2D eigenvalue weighted by Gasteiger charge is 2.10. The number of aliphatic hydroxyl groups excluding tert-OH is 1. The molecule has 16 heavy (non-hydrogen) atoms. The lowest BCUT2D eigenvalue weighted by Gasteiger charge is -2.28. The molecular formula is C12H17NO3. The molecule has 0 bridgehead atoms. The maximum absolute atomic E-state index is 10.7. The molecule has 0 aliphatic heterocycles. The van der Waals surface area contributed by atoms with Gasteiger partial charge in [-0.1, -0.05) is 0 Å². The molecule has 1 rings (SSSR count). The van der Waals surface area contributed by atoms with Crippen molar-refractivity contribution in [2.45, 2.75) is 19.9 Å². The van der Waals surface area contributed by atoms with Crippen molar-refractivity contribution in [3.8, 4) is 0 Å².